The second-order valence-electron chi connectivity index (χ2n) is 5.72. The Morgan fingerprint density at radius 3 is 2.25 bits per heavy atom. The normalized spacial score (nSPS) is 10.9. The lowest BCUT2D eigenvalue weighted by Gasteiger charge is -2.18. The molecular formula is C19H24O. The monoisotopic (exact) mass is 268 g/mol. The topological polar surface area (TPSA) is 9.23 Å². The van der Waals surface area contributed by atoms with E-state index in [0.29, 0.717) is 5.92 Å². The van der Waals surface area contributed by atoms with Gasteiger partial charge in [0, 0.05) is 0 Å². The number of rotatable bonds is 4. The lowest BCUT2D eigenvalue weighted by molar-refractivity contribution is 0.407. The number of hydrogen-bond donors (Lipinski definition) is 0. The Bertz CT molecular complexity index is 597. The van der Waals surface area contributed by atoms with E-state index in [2.05, 4.69) is 64.1 Å². The molecule has 0 aromatic heterocycles. The van der Waals surface area contributed by atoms with E-state index in [0.717, 1.165) is 12.2 Å². The van der Waals surface area contributed by atoms with Crippen LogP contribution in [0.1, 0.15) is 47.6 Å². The molecule has 0 radical (unpaired) electrons. The predicted octanol–water partition coefficient (Wildman–Crippen LogP) is 5.03. The van der Waals surface area contributed by atoms with Gasteiger partial charge in [0.2, 0.25) is 0 Å². The Morgan fingerprint density at radius 1 is 0.950 bits per heavy atom. The second-order valence-corrected chi connectivity index (χ2v) is 5.72. The zero-order valence-electron chi connectivity index (χ0n) is 13.2. The van der Waals surface area contributed by atoms with Crippen molar-refractivity contribution in [3.8, 4) is 5.75 Å². The van der Waals surface area contributed by atoms with Crippen molar-refractivity contribution in [2.45, 2.75) is 40.0 Å². The van der Waals surface area contributed by atoms with Crippen LogP contribution in [0.4, 0.5) is 0 Å². The fourth-order valence-corrected chi connectivity index (χ4v) is 2.85. The van der Waals surface area contributed by atoms with Crippen LogP contribution in [0, 0.1) is 13.8 Å². The van der Waals surface area contributed by atoms with Crippen molar-refractivity contribution in [1.82, 2.24) is 0 Å². The van der Waals surface area contributed by atoms with Crippen LogP contribution in [0.2, 0.25) is 0 Å². The van der Waals surface area contributed by atoms with E-state index in [1.165, 1.54) is 27.8 Å². The summed E-state index contributed by atoms with van der Waals surface area (Å²) in [6.45, 7) is 8.84. The molecule has 20 heavy (non-hydrogen) atoms. The Kier molecular flexibility index (Phi) is 4.49. The average molecular weight is 268 g/mol. The predicted molar refractivity (Wildman–Crippen MR) is 85.8 cm³/mol. The molecule has 0 N–H and O–H groups in total. The average Bonchev–Trinajstić information content (AvgIpc) is 2.42. The summed E-state index contributed by atoms with van der Waals surface area (Å²) in [4.78, 5) is 0. The summed E-state index contributed by atoms with van der Waals surface area (Å²) in [5, 5.41) is 0. The van der Waals surface area contributed by atoms with Gasteiger partial charge in [-0.15, -0.1) is 0 Å². The largest absolute Gasteiger partial charge is 0.496 e. The van der Waals surface area contributed by atoms with E-state index in [4.69, 9.17) is 4.74 Å². The molecule has 0 heterocycles. The van der Waals surface area contributed by atoms with Crippen LogP contribution in [0.3, 0.4) is 0 Å². The number of ether oxygens (including phenoxy) is 1. The number of aryl methyl sites for hydroxylation is 1. The molecule has 0 aliphatic heterocycles. The van der Waals surface area contributed by atoms with Gasteiger partial charge in [0.25, 0.3) is 0 Å². The minimum absolute atomic E-state index is 0.474. The molecule has 0 aliphatic rings. The molecule has 1 heteroatoms. The van der Waals surface area contributed by atoms with Gasteiger partial charge in [-0.25, -0.2) is 0 Å². The molecule has 2 rings (SSSR count). The highest BCUT2D eigenvalue weighted by molar-refractivity contribution is 5.48. The van der Waals surface area contributed by atoms with Crippen molar-refractivity contribution in [3.05, 3.63) is 64.2 Å². The van der Waals surface area contributed by atoms with Crippen molar-refractivity contribution in [1.29, 1.82) is 0 Å². The first kappa shape index (κ1) is 14.6. The Labute approximate surface area is 122 Å². The fraction of sp³-hybridized carbons (Fsp3) is 0.368. The van der Waals surface area contributed by atoms with Crippen LogP contribution >= 0.6 is 0 Å². The van der Waals surface area contributed by atoms with Crippen LogP contribution in [0.15, 0.2) is 36.4 Å². The molecule has 0 amide bonds. The van der Waals surface area contributed by atoms with Gasteiger partial charge in [-0.3, -0.25) is 0 Å². The van der Waals surface area contributed by atoms with Gasteiger partial charge in [-0.2, -0.15) is 0 Å². The molecule has 0 fully saturated rings. The summed E-state index contributed by atoms with van der Waals surface area (Å²) in [5.74, 6) is 1.48. The van der Waals surface area contributed by atoms with Crippen molar-refractivity contribution >= 4 is 0 Å². The zero-order chi connectivity index (χ0) is 14.7. The summed E-state index contributed by atoms with van der Waals surface area (Å²) in [6.07, 6.45) is 0.988. The third kappa shape index (κ3) is 2.87. The van der Waals surface area contributed by atoms with Gasteiger partial charge >= 0.3 is 0 Å². The smallest absolute Gasteiger partial charge is 0.122 e. The SMILES string of the molecule is COc1ccc(Cc2ccccc2C)c(C)c1C(C)C. The highest BCUT2D eigenvalue weighted by Gasteiger charge is 2.14. The Morgan fingerprint density at radius 2 is 1.65 bits per heavy atom. The summed E-state index contributed by atoms with van der Waals surface area (Å²) in [5.41, 5.74) is 6.84. The van der Waals surface area contributed by atoms with E-state index in [1.54, 1.807) is 7.11 Å². The quantitative estimate of drug-likeness (QED) is 0.756. The Balaban J connectivity index is 2.44. The van der Waals surface area contributed by atoms with E-state index in [1.807, 2.05) is 0 Å². The summed E-state index contributed by atoms with van der Waals surface area (Å²) < 4.78 is 5.52. The van der Waals surface area contributed by atoms with Crippen LogP contribution < -0.4 is 4.74 Å². The summed E-state index contributed by atoms with van der Waals surface area (Å²) in [6, 6.07) is 12.9. The molecule has 0 bridgehead atoms. The van der Waals surface area contributed by atoms with Crippen molar-refractivity contribution < 1.29 is 4.74 Å². The number of hydrogen-bond acceptors (Lipinski definition) is 1. The van der Waals surface area contributed by atoms with Crippen LogP contribution in [0.5, 0.6) is 5.75 Å². The van der Waals surface area contributed by atoms with Gasteiger partial charge in [-0.1, -0.05) is 44.2 Å². The molecule has 2 aromatic carbocycles. The first-order valence-corrected chi connectivity index (χ1v) is 7.25. The van der Waals surface area contributed by atoms with Gasteiger partial charge in [0.1, 0.15) is 5.75 Å². The Hall–Kier alpha value is -1.76. The summed E-state index contributed by atoms with van der Waals surface area (Å²) >= 11 is 0. The molecule has 0 saturated carbocycles. The van der Waals surface area contributed by atoms with Gasteiger partial charge in [0.05, 0.1) is 7.11 Å². The van der Waals surface area contributed by atoms with Crippen molar-refractivity contribution in [3.63, 3.8) is 0 Å². The standard InChI is InChI=1S/C19H24O/c1-13(2)19-15(4)17(10-11-18(19)20-5)12-16-9-7-6-8-14(16)3/h6-11,13H,12H2,1-5H3. The lowest BCUT2D eigenvalue weighted by atomic mass is 9.90. The molecule has 1 nitrogen and oxygen atoms in total. The highest BCUT2D eigenvalue weighted by atomic mass is 16.5. The zero-order valence-corrected chi connectivity index (χ0v) is 13.2. The fourth-order valence-electron chi connectivity index (χ4n) is 2.85. The molecule has 2 aromatic rings. The van der Waals surface area contributed by atoms with Gasteiger partial charge in [0.15, 0.2) is 0 Å². The van der Waals surface area contributed by atoms with Gasteiger partial charge < -0.3 is 4.74 Å². The number of methoxy groups -OCH3 is 1. The first-order chi connectivity index (χ1) is 9.54. The molecule has 0 spiro atoms. The van der Waals surface area contributed by atoms with Gasteiger partial charge in [-0.05, 0) is 60.1 Å². The molecule has 0 saturated heterocycles. The molecular weight excluding hydrogens is 244 g/mol. The van der Waals surface area contributed by atoms with Crippen molar-refractivity contribution in [2.75, 3.05) is 7.11 Å². The first-order valence-electron chi connectivity index (χ1n) is 7.25. The van der Waals surface area contributed by atoms with E-state index in [-0.39, 0.29) is 0 Å². The third-order valence-electron chi connectivity index (χ3n) is 4.03. The van der Waals surface area contributed by atoms with Crippen LogP contribution in [-0.4, -0.2) is 7.11 Å². The maximum atomic E-state index is 5.52. The molecule has 0 aliphatic carbocycles. The van der Waals surface area contributed by atoms with E-state index in [9.17, 15) is 0 Å². The van der Waals surface area contributed by atoms with Crippen LogP contribution in [-0.2, 0) is 6.42 Å². The minimum atomic E-state index is 0.474. The third-order valence-corrected chi connectivity index (χ3v) is 4.03. The molecule has 0 unspecified atom stereocenters. The molecule has 106 valence electrons. The van der Waals surface area contributed by atoms with E-state index < -0.39 is 0 Å². The molecule has 0 atom stereocenters. The number of benzene rings is 2. The summed E-state index contributed by atoms with van der Waals surface area (Å²) in [7, 11) is 1.75. The maximum Gasteiger partial charge on any atom is 0.122 e. The van der Waals surface area contributed by atoms with Crippen molar-refractivity contribution in [2.24, 2.45) is 0 Å². The minimum Gasteiger partial charge on any atom is -0.496 e. The van der Waals surface area contributed by atoms with Crippen LogP contribution in [0.25, 0.3) is 0 Å². The maximum absolute atomic E-state index is 5.52. The lowest BCUT2D eigenvalue weighted by Crippen LogP contribution is -2.02. The second kappa shape index (κ2) is 6.13. The highest BCUT2D eigenvalue weighted by Crippen LogP contribution is 2.32. The van der Waals surface area contributed by atoms with E-state index >= 15 is 0 Å².